The predicted molar refractivity (Wildman–Crippen MR) is 116 cm³/mol. The lowest BCUT2D eigenvalue weighted by Gasteiger charge is -2.39. The van der Waals surface area contributed by atoms with Crippen LogP contribution in [0.2, 0.25) is 0 Å². The van der Waals surface area contributed by atoms with Gasteiger partial charge in [-0.1, -0.05) is 25.9 Å². The lowest BCUT2D eigenvalue weighted by molar-refractivity contribution is 0.0561. The molecule has 8 heteroatoms. The van der Waals surface area contributed by atoms with E-state index < -0.39 is 0 Å². The molecule has 1 spiro atoms. The maximum atomic E-state index is 13.2. The first-order valence-corrected chi connectivity index (χ1v) is 11.1. The molecule has 2 fully saturated rings. The number of carbonyl (C=O) groups excluding carboxylic acids is 2. The number of piperidine rings is 1. The van der Waals surface area contributed by atoms with Crippen molar-refractivity contribution in [2.45, 2.75) is 59.3 Å². The maximum absolute atomic E-state index is 13.2. The minimum Gasteiger partial charge on any atom is -0.361 e. The molecule has 4 rings (SSSR count). The van der Waals surface area contributed by atoms with Gasteiger partial charge in [0.05, 0.1) is 11.4 Å². The summed E-state index contributed by atoms with van der Waals surface area (Å²) >= 11 is 0. The second kappa shape index (κ2) is 7.50. The van der Waals surface area contributed by atoms with Gasteiger partial charge >= 0.3 is 0 Å². The molecule has 2 amide bonds. The van der Waals surface area contributed by atoms with Crippen LogP contribution in [-0.4, -0.2) is 62.7 Å². The van der Waals surface area contributed by atoms with E-state index in [4.69, 9.17) is 4.52 Å². The fourth-order valence-corrected chi connectivity index (χ4v) is 4.84. The molecule has 0 atom stereocenters. The number of rotatable bonds is 2. The molecular weight excluding hydrogens is 394 g/mol. The van der Waals surface area contributed by atoms with Crippen molar-refractivity contribution in [3.63, 3.8) is 0 Å². The van der Waals surface area contributed by atoms with E-state index in [9.17, 15) is 9.59 Å². The first-order valence-electron chi connectivity index (χ1n) is 11.1. The van der Waals surface area contributed by atoms with E-state index >= 15 is 0 Å². The van der Waals surface area contributed by atoms with Crippen molar-refractivity contribution in [2.24, 2.45) is 12.5 Å². The Kier molecular flexibility index (Phi) is 5.22. The van der Waals surface area contributed by atoms with Gasteiger partial charge in [0.25, 0.3) is 11.8 Å². The van der Waals surface area contributed by atoms with Crippen LogP contribution in [0.15, 0.2) is 10.6 Å². The summed E-state index contributed by atoms with van der Waals surface area (Å²) in [6.07, 6.45) is 2.80. The van der Waals surface area contributed by atoms with Crippen molar-refractivity contribution in [3.05, 3.63) is 34.5 Å². The minimum atomic E-state index is -0.0941. The van der Waals surface area contributed by atoms with Crippen LogP contribution in [0, 0.1) is 19.3 Å². The smallest absolute Gasteiger partial charge is 0.272 e. The molecule has 8 nitrogen and oxygen atoms in total. The average Bonchev–Trinajstić information content (AvgIpc) is 3.39. The van der Waals surface area contributed by atoms with E-state index in [1.54, 1.807) is 18.5 Å². The number of likely N-dealkylation sites (tertiary alicyclic amines) is 2. The van der Waals surface area contributed by atoms with E-state index in [-0.39, 0.29) is 22.6 Å². The van der Waals surface area contributed by atoms with Crippen molar-refractivity contribution < 1.29 is 14.1 Å². The van der Waals surface area contributed by atoms with Crippen LogP contribution in [0.3, 0.4) is 0 Å². The fourth-order valence-electron chi connectivity index (χ4n) is 4.84. The summed E-state index contributed by atoms with van der Waals surface area (Å²) in [5.74, 6) is 0.629. The van der Waals surface area contributed by atoms with Gasteiger partial charge in [-0.15, -0.1) is 0 Å². The number of aryl methyl sites for hydroxylation is 3. The highest BCUT2D eigenvalue weighted by Crippen LogP contribution is 2.41. The minimum absolute atomic E-state index is 0.00150. The van der Waals surface area contributed by atoms with Crippen molar-refractivity contribution >= 4 is 11.8 Å². The number of amides is 2. The molecule has 31 heavy (non-hydrogen) atoms. The van der Waals surface area contributed by atoms with Crippen LogP contribution in [0.25, 0.3) is 0 Å². The van der Waals surface area contributed by atoms with E-state index in [1.807, 2.05) is 22.9 Å². The van der Waals surface area contributed by atoms with Crippen molar-refractivity contribution in [2.75, 3.05) is 26.2 Å². The van der Waals surface area contributed by atoms with Gasteiger partial charge in [-0.3, -0.25) is 14.3 Å². The second-order valence-electron chi connectivity index (χ2n) is 10.3. The quantitative estimate of drug-likeness (QED) is 0.735. The topological polar surface area (TPSA) is 84.5 Å². The van der Waals surface area contributed by atoms with Gasteiger partial charge in [-0.2, -0.15) is 5.10 Å². The highest BCUT2D eigenvalue weighted by Gasteiger charge is 2.43. The van der Waals surface area contributed by atoms with Gasteiger partial charge in [-0.05, 0) is 44.6 Å². The Hall–Kier alpha value is -2.64. The standard InChI is InChI=1S/C23H33N5O3/c1-15-19(16(2)31-25-15)21(30)27-10-7-23(8-11-27)9-12-28(14-23)20(29)17-13-18(22(3,4)5)24-26(17)6/h13H,7-12,14H2,1-6H3. The van der Waals surface area contributed by atoms with E-state index in [1.165, 1.54) is 0 Å². The number of hydrogen-bond donors (Lipinski definition) is 0. The van der Waals surface area contributed by atoms with Crippen LogP contribution in [-0.2, 0) is 12.5 Å². The average molecular weight is 428 g/mol. The summed E-state index contributed by atoms with van der Waals surface area (Å²) in [4.78, 5) is 30.0. The van der Waals surface area contributed by atoms with Crippen molar-refractivity contribution in [3.8, 4) is 0 Å². The van der Waals surface area contributed by atoms with Crippen molar-refractivity contribution in [1.82, 2.24) is 24.7 Å². The zero-order chi connectivity index (χ0) is 22.6. The van der Waals surface area contributed by atoms with Crippen molar-refractivity contribution in [1.29, 1.82) is 0 Å². The molecule has 0 N–H and O–H groups in total. The van der Waals surface area contributed by atoms with E-state index in [0.29, 0.717) is 35.8 Å². The lowest BCUT2D eigenvalue weighted by atomic mass is 9.77. The highest BCUT2D eigenvalue weighted by atomic mass is 16.5. The number of nitrogens with zero attached hydrogens (tertiary/aromatic N) is 5. The maximum Gasteiger partial charge on any atom is 0.272 e. The fraction of sp³-hybridized carbons (Fsp3) is 0.652. The molecule has 4 heterocycles. The van der Waals surface area contributed by atoms with Gasteiger partial charge in [0.15, 0.2) is 0 Å². The first-order chi connectivity index (χ1) is 14.5. The zero-order valence-corrected chi connectivity index (χ0v) is 19.5. The third-order valence-corrected chi connectivity index (χ3v) is 6.95. The van der Waals surface area contributed by atoms with Gasteiger partial charge in [0, 0.05) is 38.6 Å². The number of hydrogen-bond acceptors (Lipinski definition) is 5. The molecule has 0 radical (unpaired) electrons. The van der Waals surface area contributed by atoms with Gasteiger partial charge in [-0.25, -0.2) is 0 Å². The summed E-state index contributed by atoms with van der Waals surface area (Å²) < 4.78 is 6.87. The lowest BCUT2D eigenvalue weighted by Crippen LogP contribution is -2.45. The summed E-state index contributed by atoms with van der Waals surface area (Å²) in [5.41, 5.74) is 2.81. The SMILES string of the molecule is Cc1noc(C)c1C(=O)N1CCC2(CC1)CCN(C(=O)c1cc(C(C)(C)C)nn1C)C2. The summed E-state index contributed by atoms with van der Waals surface area (Å²) in [6, 6.07) is 1.93. The van der Waals surface area contributed by atoms with Gasteiger partial charge in [0.1, 0.15) is 17.0 Å². The third-order valence-electron chi connectivity index (χ3n) is 6.95. The molecular formula is C23H33N5O3. The molecule has 0 aromatic carbocycles. The third kappa shape index (κ3) is 3.88. The van der Waals surface area contributed by atoms with Crippen LogP contribution in [0.4, 0.5) is 0 Å². The Bertz CT molecular complexity index is 986. The summed E-state index contributed by atoms with van der Waals surface area (Å²) in [6.45, 7) is 12.8. The molecule has 0 saturated carbocycles. The molecule has 0 unspecified atom stereocenters. The molecule has 0 bridgehead atoms. The summed E-state index contributed by atoms with van der Waals surface area (Å²) in [5, 5.41) is 8.47. The summed E-state index contributed by atoms with van der Waals surface area (Å²) in [7, 11) is 1.84. The molecule has 2 aliphatic rings. The van der Waals surface area contributed by atoms with Crippen LogP contribution in [0.5, 0.6) is 0 Å². The van der Waals surface area contributed by atoms with Gasteiger partial charge < -0.3 is 14.3 Å². The molecule has 2 aliphatic heterocycles. The Morgan fingerprint density at radius 3 is 2.16 bits per heavy atom. The second-order valence-corrected chi connectivity index (χ2v) is 10.3. The monoisotopic (exact) mass is 427 g/mol. The van der Waals surface area contributed by atoms with Crippen LogP contribution < -0.4 is 0 Å². The van der Waals surface area contributed by atoms with E-state index in [0.717, 1.165) is 38.0 Å². The normalized spacial score (nSPS) is 18.8. The molecule has 2 aromatic heterocycles. The molecule has 168 valence electrons. The number of carbonyl (C=O) groups is 2. The molecule has 2 saturated heterocycles. The van der Waals surface area contributed by atoms with Gasteiger partial charge in [0.2, 0.25) is 0 Å². The molecule has 0 aliphatic carbocycles. The highest BCUT2D eigenvalue weighted by molar-refractivity contribution is 5.96. The Balaban J connectivity index is 1.41. The first kappa shape index (κ1) is 21.6. The molecule has 2 aromatic rings. The Morgan fingerprint density at radius 1 is 1.03 bits per heavy atom. The van der Waals surface area contributed by atoms with Crippen LogP contribution >= 0.6 is 0 Å². The Labute approximate surface area is 183 Å². The Morgan fingerprint density at radius 2 is 1.65 bits per heavy atom. The van der Waals surface area contributed by atoms with Crippen LogP contribution in [0.1, 0.15) is 78.0 Å². The largest absolute Gasteiger partial charge is 0.361 e. The predicted octanol–water partition coefficient (Wildman–Crippen LogP) is 3.09. The number of aromatic nitrogens is 3. The zero-order valence-electron chi connectivity index (χ0n) is 19.5. The van der Waals surface area contributed by atoms with E-state index in [2.05, 4.69) is 31.0 Å².